The second-order valence-corrected chi connectivity index (χ2v) is 7.06. The minimum Gasteiger partial charge on any atom is -0.348 e. The molecule has 1 aromatic carbocycles. The third kappa shape index (κ3) is 3.72. The molecule has 2 atom stereocenters. The van der Waals surface area contributed by atoms with Crippen LogP contribution in [-0.4, -0.2) is 23.0 Å². The quantitative estimate of drug-likeness (QED) is 0.893. The number of benzene rings is 1. The average Bonchev–Trinajstić information content (AvgIpc) is 2.80. The molecule has 104 valence electrons. The van der Waals surface area contributed by atoms with Gasteiger partial charge < -0.3 is 5.32 Å². The van der Waals surface area contributed by atoms with E-state index in [1.54, 1.807) is 6.07 Å². The lowest BCUT2D eigenvalue weighted by molar-refractivity contribution is 0.0934. The molecule has 0 radical (unpaired) electrons. The molecule has 1 amide bonds. The number of nitrogens with one attached hydrogen (secondary N) is 1. The molecule has 0 aliphatic heterocycles. The maximum absolute atomic E-state index is 13.7. The Morgan fingerprint density at radius 3 is 3.05 bits per heavy atom. The van der Waals surface area contributed by atoms with Crippen LogP contribution in [0.2, 0.25) is 0 Å². The zero-order valence-corrected chi connectivity index (χ0v) is 13.2. The summed E-state index contributed by atoms with van der Waals surface area (Å²) in [6, 6.07) is 4.60. The van der Waals surface area contributed by atoms with Gasteiger partial charge in [-0.05, 0) is 36.8 Å². The molecular formula is C14H17BrFNOS. The van der Waals surface area contributed by atoms with Crippen LogP contribution in [0.1, 0.15) is 36.5 Å². The number of rotatable bonds is 4. The fourth-order valence-corrected chi connectivity index (χ4v) is 3.98. The zero-order valence-electron chi connectivity index (χ0n) is 10.8. The molecule has 1 N–H and O–H groups in total. The van der Waals surface area contributed by atoms with Crippen LogP contribution in [-0.2, 0) is 0 Å². The summed E-state index contributed by atoms with van der Waals surface area (Å²) in [6.07, 6.45) is 3.24. The lowest BCUT2D eigenvalue weighted by Crippen LogP contribution is -2.39. The van der Waals surface area contributed by atoms with E-state index in [1.165, 1.54) is 12.1 Å². The summed E-state index contributed by atoms with van der Waals surface area (Å²) < 4.78 is 14.4. The van der Waals surface area contributed by atoms with Crippen molar-refractivity contribution in [2.24, 2.45) is 0 Å². The van der Waals surface area contributed by atoms with Crippen LogP contribution in [0, 0.1) is 5.82 Å². The van der Waals surface area contributed by atoms with Crippen molar-refractivity contribution >= 4 is 33.6 Å². The van der Waals surface area contributed by atoms with E-state index in [2.05, 4.69) is 28.2 Å². The van der Waals surface area contributed by atoms with E-state index >= 15 is 0 Å². The summed E-state index contributed by atoms with van der Waals surface area (Å²) in [7, 11) is 0. The van der Waals surface area contributed by atoms with Gasteiger partial charge >= 0.3 is 0 Å². The molecule has 1 aliphatic carbocycles. The van der Waals surface area contributed by atoms with Crippen molar-refractivity contribution in [3.05, 3.63) is 34.1 Å². The highest BCUT2D eigenvalue weighted by Gasteiger charge is 2.29. The van der Waals surface area contributed by atoms with E-state index in [-0.39, 0.29) is 17.5 Å². The maximum Gasteiger partial charge on any atom is 0.254 e. The monoisotopic (exact) mass is 345 g/mol. The van der Waals surface area contributed by atoms with Gasteiger partial charge in [-0.1, -0.05) is 29.3 Å². The van der Waals surface area contributed by atoms with Crippen LogP contribution in [0.4, 0.5) is 4.39 Å². The highest BCUT2D eigenvalue weighted by atomic mass is 79.9. The van der Waals surface area contributed by atoms with Crippen molar-refractivity contribution in [1.29, 1.82) is 0 Å². The van der Waals surface area contributed by atoms with Crippen molar-refractivity contribution in [2.45, 2.75) is 37.5 Å². The van der Waals surface area contributed by atoms with Gasteiger partial charge in [-0.2, -0.15) is 11.8 Å². The van der Waals surface area contributed by atoms with Crippen molar-refractivity contribution in [3.63, 3.8) is 0 Å². The summed E-state index contributed by atoms with van der Waals surface area (Å²) in [5.74, 6) is 0.258. The predicted molar refractivity (Wildman–Crippen MR) is 81.1 cm³/mol. The van der Waals surface area contributed by atoms with Crippen molar-refractivity contribution in [1.82, 2.24) is 5.32 Å². The number of amides is 1. The normalized spacial score (nSPS) is 22.5. The van der Waals surface area contributed by atoms with E-state index in [4.69, 9.17) is 0 Å². The molecule has 1 saturated carbocycles. The first-order valence-electron chi connectivity index (χ1n) is 6.49. The Morgan fingerprint density at radius 1 is 1.53 bits per heavy atom. The van der Waals surface area contributed by atoms with Crippen LogP contribution in [0.15, 0.2) is 22.7 Å². The SMILES string of the molecule is CCSC1CCCC1NC(=O)c1cc(Br)ccc1F. The summed E-state index contributed by atoms with van der Waals surface area (Å²) in [6.45, 7) is 2.12. The van der Waals surface area contributed by atoms with Gasteiger partial charge in [-0.3, -0.25) is 4.79 Å². The average molecular weight is 346 g/mol. The smallest absolute Gasteiger partial charge is 0.254 e. The van der Waals surface area contributed by atoms with Gasteiger partial charge in [0.1, 0.15) is 5.82 Å². The molecule has 0 bridgehead atoms. The Balaban J connectivity index is 2.06. The summed E-state index contributed by atoms with van der Waals surface area (Å²) >= 11 is 5.14. The number of carbonyl (C=O) groups is 1. The molecule has 5 heteroatoms. The fraction of sp³-hybridized carbons (Fsp3) is 0.500. The zero-order chi connectivity index (χ0) is 13.8. The minimum atomic E-state index is -0.474. The minimum absolute atomic E-state index is 0.113. The van der Waals surface area contributed by atoms with Crippen LogP contribution >= 0.6 is 27.7 Å². The first kappa shape index (κ1) is 14.9. The van der Waals surface area contributed by atoms with E-state index in [9.17, 15) is 9.18 Å². The summed E-state index contributed by atoms with van der Waals surface area (Å²) in [4.78, 5) is 12.1. The number of thioether (sulfide) groups is 1. The largest absolute Gasteiger partial charge is 0.348 e. The Hall–Kier alpha value is -0.550. The molecule has 0 saturated heterocycles. The molecule has 1 fully saturated rings. The van der Waals surface area contributed by atoms with Gasteiger partial charge in [0, 0.05) is 15.8 Å². The van der Waals surface area contributed by atoms with Gasteiger partial charge in [0.15, 0.2) is 0 Å². The second-order valence-electron chi connectivity index (χ2n) is 4.63. The molecule has 1 aromatic rings. The van der Waals surface area contributed by atoms with Crippen molar-refractivity contribution in [3.8, 4) is 0 Å². The number of hydrogen-bond donors (Lipinski definition) is 1. The third-order valence-corrected chi connectivity index (χ3v) is 5.14. The summed E-state index contributed by atoms with van der Waals surface area (Å²) in [5.41, 5.74) is 0.113. The Labute approximate surface area is 125 Å². The standard InChI is InChI=1S/C14H17BrFNOS/c1-2-19-13-5-3-4-12(13)17-14(18)10-8-9(15)6-7-11(10)16/h6-8,12-13H,2-5H2,1H3,(H,17,18). The molecular weight excluding hydrogens is 329 g/mol. The Morgan fingerprint density at radius 2 is 2.32 bits per heavy atom. The lowest BCUT2D eigenvalue weighted by Gasteiger charge is -2.20. The van der Waals surface area contributed by atoms with Gasteiger partial charge in [-0.25, -0.2) is 4.39 Å². The van der Waals surface area contributed by atoms with Gasteiger partial charge in [-0.15, -0.1) is 0 Å². The number of hydrogen-bond acceptors (Lipinski definition) is 2. The Bertz CT molecular complexity index is 469. The first-order chi connectivity index (χ1) is 9.11. The van der Waals surface area contributed by atoms with Crippen molar-refractivity contribution in [2.75, 3.05) is 5.75 Å². The molecule has 2 unspecified atom stereocenters. The van der Waals surface area contributed by atoms with Crippen LogP contribution in [0.3, 0.4) is 0 Å². The van der Waals surface area contributed by atoms with Gasteiger partial charge in [0.2, 0.25) is 0 Å². The molecule has 19 heavy (non-hydrogen) atoms. The lowest BCUT2D eigenvalue weighted by atomic mass is 10.1. The second kappa shape index (κ2) is 6.75. The predicted octanol–water partition coefficient (Wildman–Crippen LogP) is 3.99. The number of carbonyl (C=O) groups excluding carboxylic acids is 1. The van der Waals surface area contributed by atoms with E-state index in [0.29, 0.717) is 9.72 Å². The first-order valence-corrected chi connectivity index (χ1v) is 8.33. The summed E-state index contributed by atoms with van der Waals surface area (Å²) in [5, 5.41) is 3.44. The molecule has 0 aromatic heterocycles. The van der Waals surface area contributed by atoms with E-state index < -0.39 is 5.82 Å². The topological polar surface area (TPSA) is 29.1 Å². The van der Waals surface area contributed by atoms with Crippen LogP contribution in [0.5, 0.6) is 0 Å². The molecule has 1 aliphatic rings. The molecule has 0 spiro atoms. The Kier molecular flexibility index (Phi) is 5.28. The van der Waals surface area contributed by atoms with Crippen LogP contribution in [0.25, 0.3) is 0 Å². The van der Waals surface area contributed by atoms with E-state index in [1.807, 2.05) is 11.8 Å². The van der Waals surface area contributed by atoms with Gasteiger partial charge in [0.25, 0.3) is 5.91 Å². The molecule has 0 heterocycles. The number of halogens is 2. The highest BCUT2D eigenvalue weighted by Crippen LogP contribution is 2.30. The van der Waals surface area contributed by atoms with Gasteiger partial charge in [0.05, 0.1) is 5.56 Å². The maximum atomic E-state index is 13.7. The third-order valence-electron chi connectivity index (χ3n) is 3.32. The molecule has 2 nitrogen and oxygen atoms in total. The molecule has 2 rings (SSSR count). The van der Waals surface area contributed by atoms with Crippen molar-refractivity contribution < 1.29 is 9.18 Å². The van der Waals surface area contributed by atoms with E-state index in [0.717, 1.165) is 25.0 Å². The van der Waals surface area contributed by atoms with Crippen LogP contribution < -0.4 is 5.32 Å². The fourth-order valence-electron chi connectivity index (χ4n) is 2.42. The highest BCUT2D eigenvalue weighted by molar-refractivity contribution is 9.10.